The van der Waals surface area contributed by atoms with Crippen molar-refractivity contribution in [2.75, 3.05) is 50.3 Å². The summed E-state index contributed by atoms with van der Waals surface area (Å²) in [6.07, 6.45) is 17.7. The fourth-order valence-electron chi connectivity index (χ4n) is 3.39. The molecule has 0 aromatic carbocycles. The summed E-state index contributed by atoms with van der Waals surface area (Å²) in [5.74, 6) is 4.26. The van der Waals surface area contributed by atoms with Gasteiger partial charge in [0, 0.05) is 18.1 Å². The number of unbranched alkanes of at least 4 members (excludes halogenated alkanes) is 9. The lowest BCUT2D eigenvalue weighted by Gasteiger charge is -2.16. The molecule has 1 heterocycles. The highest BCUT2D eigenvalue weighted by Gasteiger charge is 2.10. The van der Waals surface area contributed by atoms with Crippen molar-refractivity contribution in [3.05, 3.63) is 0 Å². The predicted octanol–water partition coefficient (Wildman–Crippen LogP) is 7.14. The molecule has 3 nitrogen and oxygen atoms in total. The van der Waals surface area contributed by atoms with E-state index in [0.717, 1.165) is 63.3 Å². The summed E-state index contributed by atoms with van der Waals surface area (Å²) in [6, 6.07) is 0. The Labute approximate surface area is 184 Å². The molecule has 168 valence electrons. The molecule has 0 aromatic rings. The van der Waals surface area contributed by atoms with Crippen molar-refractivity contribution < 1.29 is 13.7 Å². The van der Waals surface area contributed by atoms with Gasteiger partial charge in [-0.15, -0.1) is 0 Å². The van der Waals surface area contributed by atoms with Gasteiger partial charge in [-0.1, -0.05) is 71.1 Å². The molecule has 0 saturated carbocycles. The highest BCUT2D eigenvalue weighted by Crippen LogP contribution is 2.22. The lowest BCUT2D eigenvalue weighted by atomic mass is 10.0. The Kier molecular flexibility index (Phi) is 21.2. The van der Waals surface area contributed by atoms with Gasteiger partial charge in [-0.3, -0.25) is 0 Å². The topological polar surface area (TPSA) is 27.7 Å². The summed E-state index contributed by atoms with van der Waals surface area (Å²) in [5, 5.41) is 0. The predicted molar refractivity (Wildman–Crippen MR) is 127 cm³/mol. The first-order chi connectivity index (χ1) is 13.9. The standard InChI is InChI=1S/C23H46O3S2/c1-2-3-4-5-6-7-8-9-10-11-14-23-21-27-20-19-25-18-17-24-15-12-13-16-26-28-22-23/h23H,2-22H2,1H3. The second kappa shape index (κ2) is 22.3. The minimum Gasteiger partial charge on any atom is -0.379 e. The Balaban J connectivity index is 2.06. The normalized spacial score (nSPS) is 21.5. The molecule has 5 heteroatoms. The van der Waals surface area contributed by atoms with E-state index in [4.69, 9.17) is 13.7 Å². The third kappa shape index (κ3) is 18.6. The Morgan fingerprint density at radius 1 is 0.679 bits per heavy atom. The molecule has 1 atom stereocenters. The highest BCUT2D eigenvalue weighted by atomic mass is 32.2. The summed E-state index contributed by atoms with van der Waals surface area (Å²) >= 11 is 3.74. The van der Waals surface area contributed by atoms with Gasteiger partial charge in [0.15, 0.2) is 0 Å². The van der Waals surface area contributed by atoms with Crippen LogP contribution in [0.25, 0.3) is 0 Å². The summed E-state index contributed by atoms with van der Waals surface area (Å²) in [7, 11) is 0. The van der Waals surface area contributed by atoms with Crippen LogP contribution in [0.15, 0.2) is 0 Å². The quantitative estimate of drug-likeness (QED) is 0.254. The third-order valence-electron chi connectivity index (χ3n) is 5.22. The molecule has 1 aliphatic heterocycles. The van der Waals surface area contributed by atoms with Gasteiger partial charge in [-0.05, 0) is 43.0 Å². The molecule has 1 fully saturated rings. The average Bonchev–Trinajstić information content (AvgIpc) is 2.70. The molecule has 0 bridgehead atoms. The first-order valence-corrected chi connectivity index (χ1v) is 14.0. The number of thioether (sulfide) groups is 1. The van der Waals surface area contributed by atoms with Crippen molar-refractivity contribution in [2.45, 2.75) is 90.4 Å². The molecule has 0 amide bonds. The van der Waals surface area contributed by atoms with Crippen LogP contribution in [-0.2, 0) is 13.7 Å². The summed E-state index contributed by atoms with van der Waals surface area (Å²) in [6.45, 7) is 6.27. The first-order valence-electron chi connectivity index (χ1n) is 11.9. The fourth-order valence-corrected chi connectivity index (χ4v) is 5.37. The second-order valence-electron chi connectivity index (χ2n) is 7.95. The number of rotatable bonds is 11. The van der Waals surface area contributed by atoms with Crippen LogP contribution in [0, 0.1) is 5.92 Å². The Morgan fingerprint density at radius 2 is 1.32 bits per heavy atom. The van der Waals surface area contributed by atoms with E-state index in [9.17, 15) is 0 Å². The summed E-state index contributed by atoms with van der Waals surface area (Å²) in [4.78, 5) is 0. The van der Waals surface area contributed by atoms with Crippen LogP contribution in [0.3, 0.4) is 0 Å². The lowest BCUT2D eigenvalue weighted by molar-refractivity contribution is 0.0515. The zero-order valence-electron chi connectivity index (χ0n) is 18.5. The number of hydrogen-bond acceptors (Lipinski definition) is 5. The van der Waals surface area contributed by atoms with E-state index in [1.807, 2.05) is 11.8 Å². The van der Waals surface area contributed by atoms with Gasteiger partial charge in [-0.2, -0.15) is 11.8 Å². The molecular formula is C23H46O3S2. The summed E-state index contributed by atoms with van der Waals surface area (Å²) < 4.78 is 17.0. The van der Waals surface area contributed by atoms with Crippen LogP contribution in [-0.4, -0.2) is 50.3 Å². The van der Waals surface area contributed by atoms with E-state index in [-0.39, 0.29) is 0 Å². The van der Waals surface area contributed by atoms with E-state index < -0.39 is 0 Å². The van der Waals surface area contributed by atoms with Crippen LogP contribution < -0.4 is 0 Å². The van der Waals surface area contributed by atoms with Crippen LogP contribution in [0.4, 0.5) is 0 Å². The van der Waals surface area contributed by atoms with Gasteiger partial charge in [0.05, 0.1) is 26.4 Å². The second-order valence-corrected chi connectivity index (χ2v) is 9.90. The Hall–Kier alpha value is 0.580. The smallest absolute Gasteiger partial charge is 0.0700 e. The van der Waals surface area contributed by atoms with Gasteiger partial charge in [0.1, 0.15) is 0 Å². The average molecular weight is 435 g/mol. The van der Waals surface area contributed by atoms with Gasteiger partial charge in [0.2, 0.25) is 0 Å². The first kappa shape index (κ1) is 26.6. The zero-order chi connectivity index (χ0) is 20.0. The maximum Gasteiger partial charge on any atom is 0.0700 e. The third-order valence-corrected chi connectivity index (χ3v) is 7.32. The van der Waals surface area contributed by atoms with Crippen LogP contribution in [0.2, 0.25) is 0 Å². The van der Waals surface area contributed by atoms with Crippen LogP contribution in [0.5, 0.6) is 0 Å². The van der Waals surface area contributed by atoms with Crippen molar-refractivity contribution in [2.24, 2.45) is 5.92 Å². The van der Waals surface area contributed by atoms with Crippen LogP contribution in [0.1, 0.15) is 90.4 Å². The maximum atomic E-state index is 5.79. The van der Waals surface area contributed by atoms with Crippen molar-refractivity contribution in [1.82, 2.24) is 0 Å². The number of ether oxygens (including phenoxy) is 2. The molecule has 0 aromatic heterocycles. The minimum atomic E-state index is 0.724. The number of hydrogen-bond donors (Lipinski definition) is 0. The van der Waals surface area contributed by atoms with Gasteiger partial charge >= 0.3 is 0 Å². The fraction of sp³-hybridized carbons (Fsp3) is 1.00. The van der Waals surface area contributed by atoms with Gasteiger partial charge in [0.25, 0.3) is 0 Å². The van der Waals surface area contributed by atoms with E-state index in [1.54, 1.807) is 12.0 Å². The highest BCUT2D eigenvalue weighted by molar-refractivity contribution is 7.99. The lowest BCUT2D eigenvalue weighted by Crippen LogP contribution is -2.11. The molecule has 1 saturated heterocycles. The minimum absolute atomic E-state index is 0.724. The maximum absolute atomic E-state index is 5.79. The molecule has 0 aliphatic carbocycles. The van der Waals surface area contributed by atoms with Crippen molar-refractivity contribution in [3.8, 4) is 0 Å². The molecule has 1 unspecified atom stereocenters. The molecule has 0 radical (unpaired) electrons. The Morgan fingerprint density at radius 3 is 2.07 bits per heavy atom. The SMILES string of the molecule is CCCCCCCCCCCCC1CSCCOCCOCCCCOSC1. The van der Waals surface area contributed by atoms with E-state index in [1.165, 1.54) is 76.4 Å². The zero-order valence-corrected chi connectivity index (χ0v) is 20.1. The summed E-state index contributed by atoms with van der Waals surface area (Å²) in [5.41, 5.74) is 0. The van der Waals surface area contributed by atoms with Crippen LogP contribution >= 0.6 is 23.8 Å². The van der Waals surface area contributed by atoms with Crippen molar-refractivity contribution >= 4 is 23.8 Å². The molecule has 1 aliphatic rings. The molecule has 0 N–H and O–H groups in total. The van der Waals surface area contributed by atoms with E-state index in [2.05, 4.69) is 6.92 Å². The van der Waals surface area contributed by atoms with E-state index >= 15 is 0 Å². The largest absolute Gasteiger partial charge is 0.379 e. The monoisotopic (exact) mass is 434 g/mol. The van der Waals surface area contributed by atoms with E-state index in [0.29, 0.717) is 0 Å². The van der Waals surface area contributed by atoms with Gasteiger partial charge in [-0.25, -0.2) is 0 Å². The Bertz CT molecular complexity index is 290. The molecular weight excluding hydrogens is 388 g/mol. The van der Waals surface area contributed by atoms with Gasteiger partial charge < -0.3 is 13.7 Å². The van der Waals surface area contributed by atoms with Crippen molar-refractivity contribution in [1.29, 1.82) is 0 Å². The molecule has 0 spiro atoms. The molecule has 1 rings (SSSR count). The van der Waals surface area contributed by atoms with Crippen molar-refractivity contribution in [3.63, 3.8) is 0 Å². The molecule has 28 heavy (non-hydrogen) atoms.